The van der Waals surface area contributed by atoms with Crippen LogP contribution < -0.4 is 30.6 Å². The Bertz CT molecular complexity index is 508. The lowest BCUT2D eigenvalue weighted by Crippen LogP contribution is -2.39. The maximum absolute atomic E-state index is 11.6. The topological polar surface area (TPSA) is 112 Å². The summed E-state index contributed by atoms with van der Waals surface area (Å²) in [5.74, 6) is 0.777. The molecule has 0 aromatic heterocycles. The monoisotopic (exact) mass is 311 g/mol. The molecule has 0 bridgehead atoms. The second-order valence-corrected chi connectivity index (χ2v) is 4.29. The van der Waals surface area contributed by atoms with Crippen molar-refractivity contribution in [3.63, 3.8) is 0 Å². The first kappa shape index (κ1) is 17.6. The summed E-state index contributed by atoms with van der Waals surface area (Å²) in [6, 6.07) is 3.47. The number of hydrogen-bond donors (Lipinski definition) is 3. The van der Waals surface area contributed by atoms with E-state index in [1.165, 1.54) is 21.3 Å². The van der Waals surface area contributed by atoms with E-state index in [2.05, 4.69) is 10.6 Å². The molecule has 0 unspecified atom stereocenters. The largest absolute Gasteiger partial charge is 0.493 e. The minimum atomic E-state index is -0.386. The molecular formula is C14H21N3O5. The summed E-state index contributed by atoms with van der Waals surface area (Å²) in [5, 5.41) is 5.06. The van der Waals surface area contributed by atoms with Crippen LogP contribution >= 0.6 is 0 Å². The molecule has 4 N–H and O–H groups in total. The van der Waals surface area contributed by atoms with E-state index in [-0.39, 0.29) is 31.4 Å². The Morgan fingerprint density at radius 1 is 1.00 bits per heavy atom. The van der Waals surface area contributed by atoms with Crippen molar-refractivity contribution in [3.8, 4) is 17.2 Å². The molecule has 0 aliphatic heterocycles. The molecule has 0 atom stereocenters. The number of hydrogen-bond acceptors (Lipinski definition) is 6. The Morgan fingerprint density at radius 2 is 1.59 bits per heavy atom. The van der Waals surface area contributed by atoms with Crippen LogP contribution in [0.1, 0.15) is 5.56 Å². The Kier molecular flexibility index (Phi) is 6.97. The van der Waals surface area contributed by atoms with Gasteiger partial charge in [0.2, 0.25) is 17.6 Å². The third-order valence-corrected chi connectivity index (χ3v) is 2.85. The lowest BCUT2D eigenvalue weighted by molar-refractivity contribution is -0.125. The Morgan fingerprint density at radius 3 is 2.05 bits per heavy atom. The standard InChI is InChI=1S/C14H21N3O5/c1-20-10-4-9(5-11(21-2)14(10)22-3)7-16-13(19)8-17-12(18)6-15/h4-5H,6-8,15H2,1-3H3,(H,16,19)(H,17,18). The molecule has 122 valence electrons. The molecule has 0 aliphatic rings. The van der Waals surface area contributed by atoms with Crippen LogP contribution in [-0.2, 0) is 16.1 Å². The lowest BCUT2D eigenvalue weighted by Gasteiger charge is -2.14. The fourth-order valence-electron chi connectivity index (χ4n) is 1.75. The highest BCUT2D eigenvalue weighted by molar-refractivity contribution is 5.85. The number of rotatable bonds is 8. The summed E-state index contributed by atoms with van der Waals surface area (Å²) in [6.45, 7) is -0.0192. The fourth-order valence-corrected chi connectivity index (χ4v) is 1.75. The zero-order valence-corrected chi connectivity index (χ0v) is 12.9. The third-order valence-electron chi connectivity index (χ3n) is 2.85. The number of carbonyl (C=O) groups is 2. The summed E-state index contributed by atoms with van der Waals surface area (Å²) in [4.78, 5) is 22.6. The van der Waals surface area contributed by atoms with E-state index in [9.17, 15) is 9.59 Å². The SMILES string of the molecule is COc1cc(CNC(=O)CNC(=O)CN)cc(OC)c1OC. The van der Waals surface area contributed by atoms with Crippen molar-refractivity contribution in [1.82, 2.24) is 10.6 Å². The highest BCUT2D eigenvalue weighted by atomic mass is 16.5. The number of amides is 2. The minimum absolute atomic E-state index is 0.125. The van der Waals surface area contributed by atoms with Crippen LogP contribution in [0.2, 0.25) is 0 Å². The molecule has 22 heavy (non-hydrogen) atoms. The van der Waals surface area contributed by atoms with Crippen molar-refractivity contribution in [2.45, 2.75) is 6.54 Å². The first-order valence-electron chi connectivity index (χ1n) is 6.58. The molecule has 0 spiro atoms. The molecule has 0 saturated heterocycles. The van der Waals surface area contributed by atoms with Crippen molar-refractivity contribution >= 4 is 11.8 Å². The molecule has 1 aromatic carbocycles. The van der Waals surface area contributed by atoms with Crippen molar-refractivity contribution in [3.05, 3.63) is 17.7 Å². The third kappa shape index (κ3) is 4.81. The van der Waals surface area contributed by atoms with Crippen LogP contribution in [0.25, 0.3) is 0 Å². The van der Waals surface area contributed by atoms with E-state index in [0.717, 1.165) is 5.56 Å². The fraction of sp³-hybridized carbons (Fsp3) is 0.429. The van der Waals surface area contributed by atoms with E-state index in [0.29, 0.717) is 17.2 Å². The molecule has 2 amide bonds. The van der Waals surface area contributed by atoms with Gasteiger partial charge in [-0.15, -0.1) is 0 Å². The predicted molar refractivity (Wildman–Crippen MR) is 80.0 cm³/mol. The van der Waals surface area contributed by atoms with Gasteiger partial charge in [-0.2, -0.15) is 0 Å². The highest BCUT2D eigenvalue weighted by Crippen LogP contribution is 2.38. The van der Waals surface area contributed by atoms with Crippen LogP contribution in [0.3, 0.4) is 0 Å². The van der Waals surface area contributed by atoms with Gasteiger partial charge in [-0.1, -0.05) is 0 Å². The van der Waals surface area contributed by atoms with Crippen molar-refractivity contribution < 1.29 is 23.8 Å². The van der Waals surface area contributed by atoms with Crippen LogP contribution in [0, 0.1) is 0 Å². The summed E-state index contributed by atoms with van der Waals surface area (Å²) < 4.78 is 15.7. The van der Waals surface area contributed by atoms with E-state index in [1.807, 2.05) is 0 Å². The minimum Gasteiger partial charge on any atom is -0.493 e. The van der Waals surface area contributed by atoms with Gasteiger partial charge in [-0.25, -0.2) is 0 Å². The maximum atomic E-state index is 11.6. The average molecular weight is 311 g/mol. The maximum Gasteiger partial charge on any atom is 0.239 e. The Hall–Kier alpha value is -2.48. The molecule has 8 heteroatoms. The van der Waals surface area contributed by atoms with Gasteiger partial charge in [0.25, 0.3) is 0 Å². The molecule has 0 saturated carbocycles. The first-order chi connectivity index (χ1) is 10.5. The number of carbonyl (C=O) groups excluding carboxylic acids is 2. The van der Waals surface area contributed by atoms with Gasteiger partial charge in [-0.05, 0) is 17.7 Å². The second-order valence-electron chi connectivity index (χ2n) is 4.29. The molecule has 0 radical (unpaired) electrons. The van der Waals surface area contributed by atoms with E-state index < -0.39 is 0 Å². The van der Waals surface area contributed by atoms with E-state index >= 15 is 0 Å². The summed E-state index contributed by atoms with van der Waals surface area (Å²) >= 11 is 0. The molecule has 8 nitrogen and oxygen atoms in total. The van der Waals surface area contributed by atoms with Gasteiger partial charge in [0.15, 0.2) is 11.5 Å². The number of nitrogens with one attached hydrogen (secondary N) is 2. The van der Waals surface area contributed by atoms with Gasteiger partial charge in [0, 0.05) is 6.54 Å². The molecule has 1 rings (SSSR count). The van der Waals surface area contributed by atoms with Gasteiger partial charge >= 0.3 is 0 Å². The summed E-state index contributed by atoms with van der Waals surface area (Å²) in [6.07, 6.45) is 0. The van der Waals surface area contributed by atoms with Gasteiger partial charge in [0.1, 0.15) is 0 Å². The Labute approximate surface area is 128 Å². The van der Waals surface area contributed by atoms with Gasteiger partial charge in [-0.3, -0.25) is 9.59 Å². The van der Waals surface area contributed by atoms with Gasteiger partial charge in [0.05, 0.1) is 34.4 Å². The van der Waals surface area contributed by atoms with E-state index in [1.54, 1.807) is 12.1 Å². The van der Waals surface area contributed by atoms with Crippen molar-refractivity contribution in [1.29, 1.82) is 0 Å². The quantitative estimate of drug-likeness (QED) is 0.591. The normalized spacial score (nSPS) is 9.82. The number of benzene rings is 1. The highest BCUT2D eigenvalue weighted by Gasteiger charge is 2.13. The zero-order valence-electron chi connectivity index (χ0n) is 12.9. The average Bonchev–Trinajstić information content (AvgIpc) is 2.56. The lowest BCUT2D eigenvalue weighted by atomic mass is 10.1. The zero-order chi connectivity index (χ0) is 16.5. The van der Waals surface area contributed by atoms with E-state index in [4.69, 9.17) is 19.9 Å². The first-order valence-corrected chi connectivity index (χ1v) is 6.58. The predicted octanol–water partition coefficient (Wildman–Crippen LogP) is -0.596. The molecule has 0 heterocycles. The number of methoxy groups -OCH3 is 3. The number of nitrogens with two attached hydrogens (primary N) is 1. The Balaban J connectivity index is 2.69. The van der Waals surface area contributed by atoms with Crippen molar-refractivity contribution in [2.24, 2.45) is 5.73 Å². The summed E-state index contributed by atoms with van der Waals surface area (Å²) in [7, 11) is 4.55. The van der Waals surface area contributed by atoms with Crippen LogP contribution in [0.5, 0.6) is 17.2 Å². The second kappa shape index (κ2) is 8.73. The van der Waals surface area contributed by atoms with Crippen molar-refractivity contribution in [2.75, 3.05) is 34.4 Å². The molecule has 0 fully saturated rings. The smallest absolute Gasteiger partial charge is 0.239 e. The van der Waals surface area contributed by atoms with Crippen LogP contribution in [0.4, 0.5) is 0 Å². The van der Waals surface area contributed by atoms with Crippen LogP contribution in [0.15, 0.2) is 12.1 Å². The number of ether oxygens (including phenoxy) is 3. The molecular weight excluding hydrogens is 290 g/mol. The van der Waals surface area contributed by atoms with Crippen LogP contribution in [-0.4, -0.2) is 46.2 Å². The molecule has 1 aromatic rings. The van der Waals surface area contributed by atoms with Gasteiger partial charge < -0.3 is 30.6 Å². The summed E-state index contributed by atoms with van der Waals surface area (Å²) in [5.41, 5.74) is 5.90. The molecule has 0 aliphatic carbocycles.